The number of hydrogen-bond donors (Lipinski definition) is 1. The van der Waals surface area contributed by atoms with E-state index >= 15 is 0 Å². The van der Waals surface area contributed by atoms with E-state index in [4.69, 9.17) is 0 Å². The molecule has 0 aliphatic rings. The average Bonchev–Trinajstić information content (AvgIpc) is 2.50. The number of amides is 2. The highest BCUT2D eigenvalue weighted by atomic mass is 16.2. The Morgan fingerprint density at radius 3 is 2.25 bits per heavy atom. The first-order valence-electron chi connectivity index (χ1n) is 8.61. The molecule has 1 aromatic rings. The summed E-state index contributed by atoms with van der Waals surface area (Å²) in [6.07, 6.45) is 0. The van der Waals surface area contributed by atoms with Gasteiger partial charge in [-0.25, -0.2) is 0 Å². The molecule has 0 aliphatic heterocycles. The molecule has 134 valence electrons. The number of carbonyl (C=O) groups excluding carboxylic acids is 2. The number of aryl methyl sites for hydroxylation is 2. The molecule has 1 N–H and O–H groups in total. The Kier molecular flexibility index (Phi) is 7.92. The molecule has 1 atom stereocenters. The summed E-state index contributed by atoms with van der Waals surface area (Å²) in [5, 5.41) is 3.00. The van der Waals surface area contributed by atoms with E-state index in [2.05, 4.69) is 31.3 Å². The summed E-state index contributed by atoms with van der Waals surface area (Å²) in [6, 6.07) is 6.17. The van der Waals surface area contributed by atoms with Crippen molar-refractivity contribution < 1.29 is 9.59 Å². The lowest BCUT2D eigenvalue weighted by Gasteiger charge is -2.23. The molecule has 0 spiro atoms. The molecule has 1 rings (SSSR count). The van der Waals surface area contributed by atoms with Crippen LogP contribution in [0.2, 0.25) is 0 Å². The van der Waals surface area contributed by atoms with Gasteiger partial charge in [0.05, 0.1) is 19.1 Å². The monoisotopic (exact) mass is 333 g/mol. The number of carbonyl (C=O) groups is 2. The number of nitrogens with one attached hydrogen (secondary N) is 1. The van der Waals surface area contributed by atoms with Crippen LogP contribution in [0.15, 0.2) is 18.2 Å². The Labute approximate surface area is 146 Å². The molecule has 0 fully saturated rings. The van der Waals surface area contributed by atoms with Crippen LogP contribution in [-0.4, -0.2) is 54.8 Å². The van der Waals surface area contributed by atoms with Gasteiger partial charge in [0.2, 0.25) is 11.8 Å². The van der Waals surface area contributed by atoms with Crippen LogP contribution in [0.4, 0.5) is 0 Å². The van der Waals surface area contributed by atoms with Crippen molar-refractivity contribution in [3.63, 3.8) is 0 Å². The Hall–Kier alpha value is -1.88. The van der Waals surface area contributed by atoms with E-state index in [1.807, 2.05) is 26.8 Å². The number of likely N-dealkylation sites (N-methyl/N-ethyl adjacent to an activating group) is 2. The molecule has 2 amide bonds. The number of nitrogens with zero attached hydrogens (tertiary/aromatic N) is 2. The number of rotatable bonds is 8. The minimum atomic E-state index is -0.0735. The third-order valence-electron chi connectivity index (χ3n) is 4.34. The number of hydrogen-bond acceptors (Lipinski definition) is 3. The van der Waals surface area contributed by atoms with Gasteiger partial charge in [0.1, 0.15) is 0 Å². The van der Waals surface area contributed by atoms with Gasteiger partial charge >= 0.3 is 0 Å². The zero-order valence-corrected chi connectivity index (χ0v) is 15.8. The molecule has 5 heteroatoms. The van der Waals surface area contributed by atoms with Crippen LogP contribution in [0.25, 0.3) is 0 Å². The summed E-state index contributed by atoms with van der Waals surface area (Å²) in [7, 11) is 1.79. The molecular weight excluding hydrogens is 302 g/mol. The summed E-state index contributed by atoms with van der Waals surface area (Å²) in [4.78, 5) is 27.8. The van der Waals surface area contributed by atoms with Crippen molar-refractivity contribution in [1.29, 1.82) is 0 Å². The zero-order valence-electron chi connectivity index (χ0n) is 15.8. The van der Waals surface area contributed by atoms with Crippen LogP contribution in [0.5, 0.6) is 0 Å². The fourth-order valence-electron chi connectivity index (χ4n) is 2.61. The molecule has 0 saturated heterocycles. The molecule has 0 radical (unpaired) electrons. The Morgan fingerprint density at radius 2 is 1.71 bits per heavy atom. The van der Waals surface area contributed by atoms with Gasteiger partial charge in [-0.05, 0) is 58.4 Å². The quantitative estimate of drug-likeness (QED) is 0.794. The van der Waals surface area contributed by atoms with Crippen LogP contribution in [0.3, 0.4) is 0 Å². The standard InChI is InChI=1S/C19H31N3O2/c1-7-22(8-2)19(24)13-21(6)12-18(23)20-16(5)17-10-9-14(3)15(4)11-17/h9-11,16H,7-8,12-13H2,1-6H3,(H,20,23)/t16-/m0/s1. The van der Waals surface area contributed by atoms with Crippen LogP contribution in [0.1, 0.15) is 43.5 Å². The van der Waals surface area contributed by atoms with Crippen molar-refractivity contribution >= 4 is 11.8 Å². The molecule has 0 aromatic heterocycles. The van der Waals surface area contributed by atoms with Gasteiger partial charge in [-0.3, -0.25) is 14.5 Å². The van der Waals surface area contributed by atoms with Crippen LogP contribution in [0, 0.1) is 13.8 Å². The third kappa shape index (κ3) is 5.96. The SMILES string of the molecule is CCN(CC)C(=O)CN(C)CC(=O)N[C@@H](C)c1ccc(C)c(C)c1. The maximum atomic E-state index is 12.2. The highest BCUT2D eigenvalue weighted by Gasteiger charge is 2.16. The maximum Gasteiger partial charge on any atom is 0.236 e. The minimum Gasteiger partial charge on any atom is -0.348 e. The van der Waals surface area contributed by atoms with E-state index in [1.165, 1.54) is 11.1 Å². The van der Waals surface area contributed by atoms with Gasteiger partial charge in [-0.15, -0.1) is 0 Å². The van der Waals surface area contributed by atoms with Gasteiger partial charge in [-0.2, -0.15) is 0 Å². The molecule has 1 aromatic carbocycles. The van der Waals surface area contributed by atoms with E-state index in [0.29, 0.717) is 13.1 Å². The molecule has 0 heterocycles. The molecule has 24 heavy (non-hydrogen) atoms. The molecule has 0 bridgehead atoms. The highest BCUT2D eigenvalue weighted by Crippen LogP contribution is 2.16. The lowest BCUT2D eigenvalue weighted by atomic mass is 10.0. The molecular formula is C19H31N3O2. The second-order valence-corrected chi connectivity index (χ2v) is 6.37. The fraction of sp³-hybridized carbons (Fsp3) is 0.579. The Balaban J connectivity index is 2.52. The first-order chi connectivity index (χ1) is 11.3. The predicted molar refractivity (Wildman–Crippen MR) is 97.9 cm³/mol. The topological polar surface area (TPSA) is 52.7 Å². The Bertz CT molecular complexity index is 568. The summed E-state index contributed by atoms with van der Waals surface area (Å²) in [5.41, 5.74) is 3.55. The van der Waals surface area contributed by atoms with E-state index in [9.17, 15) is 9.59 Å². The van der Waals surface area contributed by atoms with E-state index in [-0.39, 0.29) is 30.9 Å². The molecule has 0 saturated carbocycles. The summed E-state index contributed by atoms with van der Waals surface area (Å²) < 4.78 is 0. The maximum absolute atomic E-state index is 12.2. The largest absolute Gasteiger partial charge is 0.348 e. The van der Waals surface area contributed by atoms with Crippen molar-refractivity contribution in [2.24, 2.45) is 0 Å². The highest BCUT2D eigenvalue weighted by molar-refractivity contribution is 5.81. The first kappa shape index (κ1) is 20.2. The molecule has 5 nitrogen and oxygen atoms in total. The van der Waals surface area contributed by atoms with Crippen LogP contribution in [-0.2, 0) is 9.59 Å². The van der Waals surface area contributed by atoms with E-state index in [1.54, 1.807) is 16.8 Å². The molecule has 0 unspecified atom stereocenters. The zero-order chi connectivity index (χ0) is 18.3. The van der Waals surface area contributed by atoms with Crippen molar-refractivity contribution in [2.45, 2.75) is 40.7 Å². The van der Waals surface area contributed by atoms with Crippen molar-refractivity contribution in [2.75, 3.05) is 33.2 Å². The summed E-state index contributed by atoms with van der Waals surface area (Å²) in [5.74, 6) is -0.0203. The average molecular weight is 333 g/mol. The summed E-state index contributed by atoms with van der Waals surface area (Å²) in [6.45, 7) is 11.9. The molecule has 0 aliphatic carbocycles. The first-order valence-corrected chi connectivity index (χ1v) is 8.61. The van der Waals surface area contributed by atoms with E-state index < -0.39 is 0 Å². The third-order valence-corrected chi connectivity index (χ3v) is 4.34. The summed E-state index contributed by atoms with van der Waals surface area (Å²) >= 11 is 0. The minimum absolute atomic E-state index is 0.0521. The normalized spacial score (nSPS) is 12.1. The smallest absolute Gasteiger partial charge is 0.236 e. The van der Waals surface area contributed by atoms with Gasteiger partial charge < -0.3 is 10.2 Å². The predicted octanol–water partition coefficient (Wildman–Crippen LogP) is 2.28. The Morgan fingerprint density at radius 1 is 1.08 bits per heavy atom. The number of benzene rings is 1. The fourth-order valence-corrected chi connectivity index (χ4v) is 2.61. The van der Waals surface area contributed by atoms with Gasteiger partial charge in [0, 0.05) is 13.1 Å². The van der Waals surface area contributed by atoms with Crippen LogP contribution < -0.4 is 5.32 Å². The van der Waals surface area contributed by atoms with Gasteiger partial charge in [0.25, 0.3) is 0 Å². The van der Waals surface area contributed by atoms with Gasteiger partial charge in [0.15, 0.2) is 0 Å². The lowest BCUT2D eigenvalue weighted by Crippen LogP contribution is -2.43. The second kappa shape index (κ2) is 9.42. The lowest BCUT2D eigenvalue weighted by molar-refractivity contribution is -0.132. The van der Waals surface area contributed by atoms with Gasteiger partial charge in [-0.1, -0.05) is 18.2 Å². The van der Waals surface area contributed by atoms with Crippen molar-refractivity contribution in [3.05, 3.63) is 34.9 Å². The van der Waals surface area contributed by atoms with Crippen molar-refractivity contribution in [1.82, 2.24) is 15.1 Å². The van der Waals surface area contributed by atoms with E-state index in [0.717, 1.165) is 5.56 Å². The van der Waals surface area contributed by atoms with Crippen molar-refractivity contribution in [3.8, 4) is 0 Å². The second-order valence-electron chi connectivity index (χ2n) is 6.37. The van der Waals surface area contributed by atoms with Crippen LogP contribution >= 0.6 is 0 Å².